The minimum Gasteiger partial charge on any atom is -0.461 e. The van der Waals surface area contributed by atoms with Crippen molar-refractivity contribution >= 4 is 5.97 Å². The van der Waals surface area contributed by atoms with Gasteiger partial charge in [0, 0.05) is 5.92 Å². The molecule has 0 aromatic rings. The molecule has 1 rings (SSSR count). The maximum atomic E-state index is 10.6. The normalized spacial score (nSPS) is 43.0. The van der Waals surface area contributed by atoms with E-state index in [9.17, 15) is 4.79 Å². The van der Waals surface area contributed by atoms with Gasteiger partial charge in [0.15, 0.2) is 0 Å². The van der Waals surface area contributed by atoms with Crippen LogP contribution in [0.3, 0.4) is 0 Å². The highest BCUT2D eigenvalue weighted by atomic mass is 16.6. The summed E-state index contributed by atoms with van der Waals surface area (Å²) in [6, 6.07) is -0.403. The number of esters is 1. The quantitative estimate of drug-likeness (QED) is 0.464. The van der Waals surface area contributed by atoms with E-state index in [1.807, 2.05) is 13.8 Å². The highest BCUT2D eigenvalue weighted by Gasteiger charge is 2.36. The summed E-state index contributed by atoms with van der Waals surface area (Å²) in [6.45, 7) is 3.77. The SMILES string of the molecule is C[C@@H]1OC(=O)C(N)[C@@H]1C. The Labute approximate surface area is 54.2 Å². The van der Waals surface area contributed by atoms with E-state index in [0.717, 1.165) is 0 Å². The van der Waals surface area contributed by atoms with Gasteiger partial charge in [0.25, 0.3) is 0 Å². The molecule has 3 atom stereocenters. The van der Waals surface area contributed by atoms with Crippen molar-refractivity contribution in [3.05, 3.63) is 0 Å². The van der Waals surface area contributed by atoms with Gasteiger partial charge >= 0.3 is 5.97 Å². The van der Waals surface area contributed by atoms with E-state index in [-0.39, 0.29) is 18.0 Å². The maximum Gasteiger partial charge on any atom is 0.323 e. The van der Waals surface area contributed by atoms with Crippen molar-refractivity contribution in [3.8, 4) is 0 Å². The Morgan fingerprint density at radius 2 is 2.11 bits per heavy atom. The summed E-state index contributed by atoms with van der Waals surface area (Å²) in [6.07, 6.45) is -0.00694. The average Bonchev–Trinajstić information content (AvgIpc) is 1.98. The zero-order chi connectivity index (χ0) is 7.02. The summed E-state index contributed by atoms with van der Waals surface area (Å²) in [7, 11) is 0. The molecule has 0 spiro atoms. The molecule has 0 aromatic carbocycles. The Balaban J connectivity index is 2.65. The molecule has 1 aliphatic rings. The highest BCUT2D eigenvalue weighted by Crippen LogP contribution is 2.19. The third-order valence-corrected chi connectivity index (χ3v) is 1.88. The van der Waals surface area contributed by atoms with Crippen molar-refractivity contribution in [1.82, 2.24) is 0 Å². The number of hydrogen-bond donors (Lipinski definition) is 1. The third kappa shape index (κ3) is 0.920. The van der Waals surface area contributed by atoms with Gasteiger partial charge in [-0.15, -0.1) is 0 Å². The van der Waals surface area contributed by atoms with E-state index in [4.69, 9.17) is 10.5 Å². The largest absolute Gasteiger partial charge is 0.461 e. The maximum absolute atomic E-state index is 10.6. The number of carbonyl (C=O) groups excluding carboxylic acids is 1. The molecule has 1 saturated heterocycles. The number of cyclic esters (lactones) is 1. The van der Waals surface area contributed by atoms with E-state index in [1.165, 1.54) is 0 Å². The smallest absolute Gasteiger partial charge is 0.323 e. The first-order chi connectivity index (χ1) is 4.13. The fourth-order valence-electron chi connectivity index (χ4n) is 0.876. The molecule has 52 valence electrons. The molecule has 0 saturated carbocycles. The van der Waals surface area contributed by atoms with Crippen molar-refractivity contribution in [2.24, 2.45) is 11.7 Å². The van der Waals surface area contributed by atoms with Gasteiger partial charge in [-0.05, 0) is 6.92 Å². The summed E-state index contributed by atoms with van der Waals surface area (Å²) in [5.41, 5.74) is 5.44. The van der Waals surface area contributed by atoms with Crippen LogP contribution in [-0.2, 0) is 9.53 Å². The Kier molecular flexibility index (Phi) is 1.45. The van der Waals surface area contributed by atoms with Gasteiger partial charge in [-0.2, -0.15) is 0 Å². The lowest BCUT2D eigenvalue weighted by molar-refractivity contribution is -0.141. The van der Waals surface area contributed by atoms with E-state index >= 15 is 0 Å². The van der Waals surface area contributed by atoms with Crippen molar-refractivity contribution in [1.29, 1.82) is 0 Å². The molecule has 0 aliphatic carbocycles. The lowest BCUT2D eigenvalue weighted by Gasteiger charge is -2.06. The van der Waals surface area contributed by atoms with Gasteiger partial charge in [0.05, 0.1) is 0 Å². The van der Waals surface area contributed by atoms with Gasteiger partial charge in [-0.3, -0.25) is 4.79 Å². The van der Waals surface area contributed by atoms with Crippen LogP contribution >= 0.6 is 0 Å². The Hall–Kier alpha value is -0.570. The predicted octanol–water partition coefficient (Wildman–Crippen LogP) is -0.105. The molecule has 2 N–H and O–H groups in total. The first-order valence-corrected chi connectivity index (χ1v) is 3.09. The van der Waals surface area contributed by atoms with Crippen LogP contribution in [0, 0.1) is 5.92 Å². The van der Waals surface area contributed by atoms with Crippen LogP contribution in [-0.4, -0.2) is 18.1 Å². The summed E-state index contributed by atoms with van der Waals surface area (Å²) in [5.74, 6) is -0.104. The fraction of sp³-hybridized carbons (Fsp3) is 0.833. The molecule has 3 heteroatoms. The lowest BCUT2D eigenvalue weighted by atomic mass is 10.0. The first kappa shape index (κ1) is 6.55. The number of carbonyl (C=O) groups is 1. The van der Waals surface area contributed by atoms with Crippen LogP contribution in [0.2, 0.25) is 0 Å². The van der Waals surface area contributed by atoms with Gasteiger partial charge in [0.1, 0.15) is 12.1 Å². The lowest BCUT2D eigenvalue weighted by Crippen LogP contribution is -2.31. The zero-order valence-corrected chi connectivity index (χ0v) is 5.63. The molecular weight excluding hydrogens is 118 g/mol. The molecule has 1 aliphatic heterocycles. The van der Waals surface area contributed by atoms with Crippen molar-refractivity contribution in [3.63, 3.8) is 0 Å². The molecule has 0 aromatic heterocycles. The van der Waals surface area contributed by atoms with Crippen LogP contribution in [0.4, 0.5) is 0 Å². The van der Waals surface area contributed by atoms with Gasteiger partial charge in [-0.1, -0.05) is 6.92 Å². The zero-order valence-electron chi connectivity index (χ0n) is 5.63. The average molecular weight is 129 g/mol. The summed E-state index contributed by atoms with van der Waals surface area (Å²) in [5, 5.41) is 0. The standard InChI is InChI=1S/C6H11NO2/c1-3-4(2)9-6(8)5(3)7/h3-5H,7H2,1-2H3/t3-,4+,5?/m1/s1. The molecule has 0 amide bonds. The highest BCUT2D eigenvalue weighted by molar-refractivity contribution is 5.78. The van der Waals surface area contributed by atoms with Crippen LogP contribution in [0.5, 0.6) is 0 Å². The second-order valence-corrected chi connectivity index (χ2v) is 2.53. The number of ether oxygens (including phenoxy) is 1. The molecule has 9 heavy (non-hydrogen) atoms. The monoisotopic (exact) mass is 129 g/mol. The minimum absolute atomic E-state index is 0.00694. The molecule has 0 radical (unpaired) electrons. The predicted molar refractivity (Wildman–Crippen MR) is 32.7 cm³/mol. The van der Waals surface area contributed by atoms with Crippen LogP contribution in [0.25, 0.3) is 0 Å². The summed E-state index contributed by atoms with van der Waals surface area (Å²) in [4.78, 5) is 10.6. The molecule has 1 unspecified atom stereocenters. The molecule has 0 bridgehead atoms. The number of hydrogen-bond acceptors (Lipinski definition) is 3. The van der Waals surface area contributed by atoms with Crippen molar-refractivity contribution in [2.45, 2.75) is 26.0 Å². The van der Waals surface area contributed by atoms with Crippen LogP contribution < -0.4 is 5.73 Å². The van der Waals surface area contributed by atoms with E-state index in [0.29, 0.717) is 0 Å². The molecule has 3 nitrogen and oxygen atoms in total. The van der Waals surface area contributed by atoms with Crippen LogP contribution in [0.1, 0.15) is 13.8 Å². The minimum atomic E-state index is -0.403. The van der Waals surface area contributed by atoms with E-state index in [2.05, 4.69) is 0 Å². The summed E-state index contributed by atoms with van der Waals surface area (Å²) < 4.78 is 4.82. The fourth-order valence-corrected chi connectivity index (χ4v) is 0.876. The van der Waals surface area contributed by atoms with E-state index < -0.39 is 6.04 Å². The number of nitrogens with two attached hydrogens (primary N) is 1. The first-order valence-electron chi connectivity index (χ1n) is 3.09. The second-order valence-electron chi connectivity index (χ2n) is 2.53. The van der Waals surface area contributed by atoms with Gasteiger partial charge in [0.2, 0.25) is 0 Å². The Morgan fingerprint density at radius 3 is 2.22 bits per heavy atom. The van der Waals surface area contributed by atoms with E-state index in [1.54, 1.807) is 0 Å². The van der Waals surface area contributed by atoms with Gasteiger partial charge < -0.3 is 10.5 Å². The third-order valence-electron chi connectivity index (χ3n) is 1.88. The Morgan fingerprint density at radius 1 is 1.56 bits per heavy atom. The Bertz CT molecular complexity index is 135. The van der Waals surface area contributed by atoms with Crippen LogP contribution in [0.15, 0.2) is 0 Å². The molecule has 1 heterocycles. The number of rotatable bonds is 0. The molecular formula is C6H11NO2. The van der Waals surface area contributed by atoms with Crippen molar-refractivity contribution in [2.75, 3.05) is 0 Å². The molecule has 1 fully saturated rings. The second kappa shape index (κ2) is 1.99. The summed E-state index contributed by atoms with van der Waals surface area (Å²) >= 11 is 0. The van der Waals surface area contributed by atoms with Gasteiger partial charge in [-0.25, -0.2) is 0 Å². The topological polar surface area (TPSA) is 52.3 Å². The van der Waals surface area contributed by atoms with Crippen molar-refractivity contribution < 1.29 is 9.53 Å².